The highest BCUT2D eigenvalue weighted by molar-refractivity contribution is 6.31. The monoisotopic (exact) mass is 250 g/mol. The highest BCUT2D eigenvalue weighted by atomic mass is 35.5. The van der Waals surface area contributed by atoms with Gasteiger partial charge in [0.25, 0.3) is 0 Å². The summed E-state index contributed by atoms with van der Waals surface area (Å²) in [6.07, 6.45) is 1.70. The zero-order valence-electron chi connectivity index (χ0n) is 9.87. The Kier molecular flexibility index (Phi) is 3.38. The van der Waals surface area contributed by atoms with Crippen molar-refractivity contribution in [2.75, 3.05) is 6.54 Å². The lowest BCUT2D eigenvalue weighted by atomic mass is 10.2. The zero-order valence-corrected chi connectivity index (χ0v) is 10.6. The minimum atomic E-state index is 0.134. The fourth-order valence-corrected chi connectivity index (χ4v) is 1.83. The van der Waals surface area contributed by atoms with Gasteiger partial charge in [0.15, 0.2) is 5.88 Å². The molecule has 0 unspecified atom stereocenters. The summed E-state index contributed by atoms with van der Waals surface area (Å²) in [6, 6.07) is 5.45. The number of aromatic amines is 1. The number of fused-ring (bicyclic) bond motifs is 1. The Hall–Kier alpha value is -1.48. The van der Waals surface area contributed by atoms with Crippen LogP contribution in [0.15, 0.2) is 23.2 Å². The van der Waals surface area contributed by atoms with Crippen LogP contribution in [0.3, 0.4) is 0 Å². The molecule has 0 aliphatic heterocycles. The molecular formula is C13H15ClN2O. The van der Waals surface area contributed by atoms with Crippen molar-refractivity contribution in [3.05, 3.63) is 28.8 Å². The van der Waals surface area contributed by atoms with Crippen molar-refractivity contribution in [2.24, 2.45) is 10.9 Å². The maximum absolute atomic E-state index is 9.80. The van der Waals surface area contributed by atoms with Gasteiger partial charge in [-0.1, -0.05) is 25.4 Å². The van der Waals surface area contributed by atoms with E-state index in [0.717, 1.165) is 17.4 Å². The Morgan fingerprint density at radius 2 is 2.24 bits per heavy atom. The molecule has 2 N–H and O–H groups in total. The van der Waals surface area contributed by atoms with Crippen LogP contribution >= 0.6 is 11.6 Å². The van der Waals surface area contributed by atoms with Gasteiger partial charge in [0.05, 0.1) is 5.56 Å². The maximum atomic E-state index is 9.80. The van der Waals surface area contributed by atoms with Gasteiger partial charge < -0.3 is 10.1 Å². The number of rotatable bonds is 3. The molecule has 0 aliphatic rings. The minimum absolute atomic E-state index is 0.134. The Morgan fingerprint density at radius 1 is 1.47 bits per heavy atom. The fourth-order valence-electron chi connectivity index (χ4n) is 1.66. The van der Waals surface area contributed by atoms with Crippen molar-refractivity contribution in [3.63, 3.8) is 0 Å². The van der Waals surface area contributed by atoms with E-state index >= 15 is 0 Å². The van der Waals surface area contributed by atoms with Crippen molar-refractivity contribution in [1.82, 2.24) is 4.98 Å². The van der Waals surface area contributed by atoms with Gasteiger partial charge in [-0.3, -0.25) is 4.99 Å². The third-order valence-corrected chi connectivity index (χ3v) is 2.71. The van der Waals surface area contributed by atoms with Crippen LogP contribution < -0.4 is 0 Å². The second kappa shape index (κ2) is 4.80. The number of nitrogens with one attached hydrogen (secondary N) is 1. The minimum Gasteiger partial charge on any atom is -0.494 e. The molecule has 0 amide bonds. The Labute approximate surface area is 105 Å². The summed E-state index contributed by atoms with van der Waals surface area (Å²) < 4.78 is 0. The average molecular weight is 251 g/mol. The lowest BCUT2D eigenvalue weighted by Crippen LogP contribution is -1.92. The second-order valence-electron chi connectivity index (χ2n) is 4.47. The molecule has 0 radical (unpaired) electrons. The first-order chi connectivity index (χ1) is 8.08. The molecule has 1 aromatic carbocycles. The van der Waals surface area contributed by atoms with Crippen LogP contribution in [0.2, 0.25) is 5.02 Å². The third-order valence-electron chi connectivity index (χ3n) is 2.47. The number of benzene rings is 1. The molecule has 1 heterocycles. The summed E-state index contributed by atoms with van der Waals surface area (Å²) >= 11 is 5.94. The summed E-state index contributed by atoms with van der Waals surface area (Å²) in [5.41, 5.74) is 1.56. The predicted octanol–water partition coefficient (Wildman–Crippen LogP) is 3.60. The Morgan fingerprint density at radius 3 is 2.94 bits per heavy atom. The summed E-state index contributed by atoms with van der Waals surface area (Å²) in [5.74, 6) is 0.636. The van der Waals surface area contributed by atoms with Gasteiger partial charge in [-0.05, 0) is 24.1 Å². The standard InChI is InChI=1S/C13H15ClN2O/c1-8(2)6-15-7-11-10-5-9(14)3-4-12(10)16-13(11)17/h3-5,7-8,16-17H,6H2,1-2H3. The van der Waals surface area contributed by atoms with Crippen molar-refractivity contribution < 1.29 is 5.11 Å². The summed E-state index contributed by atoms with van der Waals surface area (Å²) in [5, 5.41) is 11.3. The number of aromatic hydroxyl groups is 1. The van der Waals surface area contributed by atoms with Crippen LogP contribution in [-0.2, 0) is 0 Å². The molecule has 17 heavy (non-hydrogen) atoms. The highest BCUT2D eigenvalue weighted by Gasteiger charge is 2.08. The lowest BCUT2D eigenvalue weighted by Gasteiger charge is -1.97. The maximum Gasteiger partial charge on any atom is 0.198 e. The van der Waals surface area contributed by atoms with Crippen molar-refractivity contribution >= 4 is 28.7 Å². The topological polar surface area (TPSA) is 48.4 Å². The quantitative estimate of drug-likeness (QED) is 0.804. The Bertz CT molecular complexity index is 558. The average Bonchev–Trinajstić information content (AvgIpc) is 2.55. The van der Waals surface area contributed by atoms with Gasteiger partial charge in [-0.25, -0.2) is 0 Å². The van der Waals surface area contributed by atoms with Gasteiger partial charge in [0.1, 0.15) is 0 Å². The van der Waals surface area contributed by atoms with Gasteiger partial charge >= 0.3 is 0 Å². The molecule has 0 atom stereocenters. The first kappa shape index (κ1) is 12.0. The summed E-state index contributed by atoms with van der Waals surface area (Å²) in [7, 11) is 0. The van der Waals surface area contributed by atoms with Crippen LogP contribution in [0.1, 0.15) is 19.4 Å². The number of halogens is 1. The molecule has 0 aliphatic carbocycles. The second-order valence-corrected chi connectivity index (χ2v) is 4.90. The van der Waals surface area contributed by atoms with Crippen molar-refractivity contribution in [2.45, 2.75) is 13.8 Å². The molecule has 3 nitrogen and oxygen atoms in total. The molecule has 0 spiro atoms. The smallest absolute Gasteiger partial charge is 0.198 e. The van der Waals surface area contributed by atoms with Crippen LogP contribution in [0.4, 0.5) is 0 Å². The molecule has 2 rings (SSSR count). The molecule has 0 saturated carbocycles. The molecule has 2 aromatic rings. The van der Waals surface area contributed by atoms with E-state index in [4.69, 9.17) is 11.6 Å². The molecule has 0 bridgehead atoms. The van der Waals surface area contributed by atoms with Gasteiger partial charge in [0.2, 0.25) is 0 Å². The largest absolute Gasteiger partial charge is 0.494 e. The molecule has 90 valence electrons. The van der Waals surface area contributed by atoms with E-state index in [1.165, 1.54) is 0 Å². The van der Waals surface area contributed by atoms with Gasteiger partial charge in [0, 0.05) is 28.7 Å². The summed E-state index contributed by atoms with van der Waals surface area (Å²) in [4.78, 5) is 7.20. The van der Waals surface area contributed by atoms with E-state index in [1.807, 2.05) is 12.1 Å². The van der Waals surface area contributed by atoms with Gasteiger partial charge in [-0.15, -0.1) is 0 Å². The van der Waals surface area contributed by atoms with E-state index in [-0.39, 0.29) is 5.88 Å². The van der Waals surface area contributed by atoms with E-state index in [2.05, 4.69) is 23.8 Å². The van der Waals surface area contributed by atoms with E-state index in [0.29, 0.717) is 16.5 Å². The first-order valence-corrected chi connectivity index (χ1v) is 5.95. The summed E-state index contributed by atoms with van der Waals surface area (Å²) in [6.45, 7) is 4.94. The normalized spacial score (nSPS) is 12.0. The number of aliphatic imine (C=N–C) groups is 1. The van der Waals surface area contributed by atoms with E-state index < -0.39 is 0 Å². The molecule has 0 saturated heterocycles. The van der Waals surface area contributed by atoms with E-state index in [9.17, 15) is 5.11 Å². The van der Waals surface area contributed by atoms with Crippen molar-refractivity contribution in [3.8, 4) is 5.88 Å². The first-order valence-electron chi connectivity index (χ1n) is 5.58. The molecule has 1 aromatic heterocycles. The van der Waals surface area contributed by atoms with Crippen LogP contribution in [0.25, 0.3) is 10.9 Å². The number of hydrogen-bond donors (Lipinski definition) is 2. The molecular weight excluding hydrogens is 236 g/mol. The highest BCUT2D eigenvalue weighted by Crippen LogP contribution is 2.27. The molecule has 0 fully saturated rings. The fraction of sp³-hybridized carbons (Fsp3) is 0.308. The third kappa shape index (κ3) is 2.61. The van der Waals surface area contributed by atoms with Crippen LogP contribution in [0.5, 0.6) is 5.88 Å². The number of H-pyrrole nitrogens is 1. The van der Waals surface area contributed by atoms with Crippen LogP contribution in [-0.4, -0.2) is 22.8 Å². The lowest BCUT2D eigenvalue weighted by molar-refractivity contribution is 0.457. The number of hydrogen-bond acceptors (Lipinski definition) is 2. The Balaban J connectivity index is 2.41. The zero-order chi connectivity index (χ0) is 12.4. The van der Waals surface area contributed by atoms with Crippen LogP contribution in [0, 0.1) is 5.92 Å². The predicted molar refractivity (Wildman–Crippen MR) is 72.3 cm³/mol. The van der Waals surface area contributed by atoms with Gasteiger partial charge in [-0.2, -0.15) is 0 Å². The van der Waals surface area contributed by atoms with E-state index in [1.54, 1.807) is 12.3 Å². The molecule has 4 heteroatoms. The SMILES string of the molecule is CC(C)CN=Cc1c(O)[nH]c2ccc(Cl)cc12. The van der Waals surface area contributed by atoms with Crippen molar-refractivity contribution in [1.29, 1.82) is 0 Å². The number of nitrogens with zero attached hydrogens (tertiary/aromatic N) is 1. The number of aromatic nitrogens is 1.